The van der Waals surface area contributed by atoms with Gasteiger partial charge in [-0.1, -0.05) is 60.7 Å². The minimum absolute atomic E-state index is 0.0461. The zero-order valence-corrected chi connectivity index (χ0v) is 17.4. The van der Waals surface area contributed by atoms with Gasteiger partial charge in [-0.05, 0) is 47.7 Å². The molecule has 156 valence electrons. The quantitative estimate of drug-likeness (QED) is 0.400. The number of rotatable bonds is 8. The highest BCUT2D eigenvalue weighted by Crippen LogP contribution is 2.35. The van der Waals surface area contributed by atoms with Crippen molar-refractivity contribution in [1.29, 1.82) is 0 Å². The number of aromatic amines is 1. The molecule has 5 rings (SSSR count). The molecule has 1 heterocycles. The van der Waals surface area contributed by atoms with Crippen LogP contribution in [0.4, 0.5) is 0 Å². The molecule has 31 heavy (non-hydrogen) atoms. The lowest BCUT2D eigenvalue weighted by Gasteiger charge is -2.18. The van der Waals surface area contributed by atoms with E-state index < -0.39 is 0 Å². The molecule has 1 fully saturated rings. The fourth-order valence-corrected chi connectivity index (χ4v) is 4.05. The van der Waals surface area contributed by atoms with Gasteiger partial charge in [-0.15, -0.1) is 0 Å². The van der Waals surface area contributed by atoms with Crippen LogP contribution in [0.1, 0.15) is 41.9 Å². The highest BCUT2D eigenvalue weighted by Gasteiger charge is 2.27. The molecule has 2 N–H and O–H groups in total. The molecule has 4 aromatic rings. The second-order valence-electron chi connectivity index (χ2n) is 8.23. The van der Waals surface area contributed by atoms with E-state index in [4.69, 9.17) is 4.74 Å². The fourth-order valence-electron chi connectivity index (χ4n) is 4.05. The van der Waals surface area contributed by atoms with E-state index in [2.05, 4.69) is 46.7 Å². The van der Waals surface area contributed by atoms with Crippen LogP contribution in [-0.4, -0.2) is 16.9 Å². The minimum atomic E-state index is -0.0461. The van der Waals surface area contributed by atoms with E-state index in [1.54, 1.807) is 0 Å². The largest absolute Gasteiger partial charge is 0.489 e. The van der Waals surface area contributed by atoms with Gasteiger partial charge in [-0.25, -0.2) is 0 Å². The van der Waals surface area contributed by atoms with Gasteiger partial charge in [0.1, 0.15) is 12.4 Å². The maximum Gasteiger partial charge on any atom is 0.221 e. The van der Waals surface area contributed by atoms with E-state index in [1.807, 2.05) is 48.7 Å². The Kier molecular flexibility index (Phi) is 5.44. The number of para-hydroxylation sites is 1. The Morgan fingerprint density at radius 2 is 1.81 bits per heavy atom. The van der Waals surface area contributed by atoms with E-state index in [1.165, 1.54) is 0 Å². The summed E-state index contributed by atoms with van der Waals surface area (Å²) in [6, 6.07) is 26.9. The number of benzene rings is 3. The van der Waals surface area contributed by atoms with Gasteiger partial charge in [0.25, 0.3) is 0 Å². The van der Waals surface area contributed by atoms with Crippen LogP contribution in [0.3, 0.4) is 0 Å². The first-order valence-corrected chi connectivity index (χ1v) is 10.9. The van der Waals surface area contributed by atoms with Gasteiger partial charge in [-0.2, -0.15) is 0 Å². The number of hydrogen-bond donors (Lipinski definition) is 2. The van der Waals surface area contributed by atoms with Crippen LogP contribution in [0.5, 0.6) is 5.75 Å². The van der Waals surface area contributed by atoms with Crippen LogP contribution in [-0.2, 0) is 11.4 Å². The number of carbonyl (C=O) groups is 1. The van der Waals surface area contributed by atoms with E-state index >= 15 is 0 Å². The zero-order chi connectivity index (χ0) is 21.0. The maximum atomic E-state index is 12.8. The monoisotopic (exact) mass is 410 g/mol. The molecule has 1 unspecified atom stereocenters. The minimum Gasteiger partial charge on any atom is -0.489 e. The molecule has 1 aliphatic carbocycles. The Hall–Kier alpha value is -3.53. The number of hydrogen-bond acceptors (Lipinski definition) is 2. The van der Waals surface area contributed by atoms with Crippen molar-refractivity contribution >= 4 is 16.8 Å². The third kappa shape index (κ3) is 4.64. The van der Waals surface area contributed by atoms with Crippen LogP contribution < -0.4 is 10.1 Å². The zero-order valence-electron chi connectivity index (χ0n) is 17.4. The van der Waals surface area contributed by atoms with Crippen molar-refractivity contribution in [2.75, 3.05) is 0 Å². The van der Waals surface area contributed by atoms with Crippen LogP contribution in [0.15, 0.2) is 85.1 Å². The first-order valence-electron chi connectivity index (χ1n) is 10.9. The first kappa shape index (κ1) is 19.4. The van der Waals surface area contributed by atoms with Crippen LogP contribution in [0, 0.1) is 0 Å². The summed E-state index contributed by atoms with van der Waals surface area (Å²) >= 11 is 0. The molecule has 1 aromatic heterocycles. The van der Waals surface area contributed by atoms with Crippen LogP contribution in [0.25, 0.3) is 10.9 Å². The second kappa shape index (κ2) is 8.68. The van der Waals surface area contributed by atoms with Gasteiger partial charge < -0.3 is 15.0 Å². The van der Waals surface area contributed by atoms with E-state index in [0.717, 1.165) is 46.2 Å². The Morgan fingerprint density at radius 1 is 1.00 bits per heavy atom. The Bertz CT molecular complexity index is 1180. The number of aromatic nitrogens is 1. The van der Waals surface area contributed by atoms with Crippen molar-refractivity contribution < 1.29 is 9.53 Å². The number of nitrogens with one attached hydrogen (secondary N) is 2. The first-order chi connectivity index (χ1) is 15.3. The van der Waals surface area contributed by atoms with Crippen LogP contribution in [0.2, 0.25) is 0 Å². The number of H-pyrrole nitrogens is 1. The molecule has 1 atom stereocenters. The van der Waals surface area contributed by atoms with Crippen molar-refractivity contribution in [3.63, 3.8) is 0 Å². The predicted octanol–water partition coefficient (Wildman–Crippen LogP) is 5.55. The lowest BCUT2D eigenvalue weighted by atomic mass is 9.88. The van der Waals surface area contributed by atoms with Crippen molar-refractivity contribution in [3.05, 3.63) is 102 Å². The highest BCUT2D eigenvalue weighted by molar-refractivity contribution is 5.86. The topological polar surface area (TPSA) is 54.1 Å². The van der Waals surface area contributed by atoms with Gasteiger partial charge in [0, 0.05) is 35.5 Å². The number of fused-ring (bicyclic) bond motifs is 1. The van der Waals surface area contributed by atoms with E-state index in [-0.39, 0.29) is 11.8 Å². The van der Waals surface area contributed by atoms with Gasteiger partial charge in [0.2, 0.25) is 5.91 Å². The average molecular weight is 411 g/mol. The lowest BCUT2D eigenvalue weighted by molar-refractivity contribution is -0.121. The van der Waals surface area contributed by atoms with Gasteiger partial charge in [0.05, 0.1) is 0 Å². The Morgan fingerprint density at radius 3 is 2.65 bits per heavy atom. The molecule has 3 aromatic carbocycles. The molecular formula is C27H26N2O2. The molecule has 4 heteroatoms. The molecule has 0 spiro atoms. The Balaban J connectivity index is 1.43. The number of amides is 1. The highest BCUT2D eigenvalue weighted by atomic mass is 16.5. The van der Waals surface area contributed by atoms with Gasteiger partial charge in [-0.3, -0.25) is 4.79 Å². The van der Waals surface area contributed by atoms with E-state index in [0.29, 0.717) is 19.1 Å². The normalized spacial score (nSPS) is 14.3. The molecule has 0 aliphatic heterocycles. The molecule has 0 radical (unpaired) electrons. The van der Waals surface area contributed by atoms with Crippen molar-refractivity contribution in [2.45, 2.75) is 37.8 Å². The maximum absolute atomic E-state index is 12.8. The molecule has 1 aliphatic rings. The van der Waals surface area contributed by atoms with E-state index in [9.17, 15) is 4.79 Å². The third-order valence-electron chi connectivity index (χ3n) is 5.84. The molecule has 4 nitrogen and oxygen atoms in total. The summed E-state index contributed by atoms with van der Waals surface area (Å²) in [7, 11) is 0. The summed E-state index contributed by atoms with van der Waals surface area (Å²) in [5, 5.41) is 4.30. The van der Waals surface area contributed by atoms with Crippen molar-refractivity contribution in [1.82, 2.24) is 10.3 Å². The summed E-state index contributed by atoms with van der Waals surface area (Å²) in [4.78, 5) is 16.1. The summed E-state index contributed by atoms with van der Waals surface area (Å²) < 4.78 is 6.06. The second-order valence-corrected chi connectivity index (χ2v) is 8.23. The van der Waals surface area contributed by atoms with Crippen LogP contribution >= 0.6 is 0 Å². The Labute approximate surface area is 182 Å². The lowest BCUT2D eigenvalue weighted by Crippen LogP contribution is -2.27. The molecule has 0 saturated heterocycles. The molecular weight excluding hydrogens is 384 g/mol. The summed E-state index contributed by atoms with van der Waals surface area (Å²) in [6.45, 7) is 0.518. The standard InChI is InChI=1S/C27H26N2O2/c30-27(29-21-13-14-21)16-24(25-17-28-26-12-5-4-11-23(25)26)20-9-6-10-22(15-20)31-18-19-7-2-1-3-8-19/h1-12,15,17,21,24,28H,13-14,16,18H2,(H,29,30). The number of ether oxygens (including phenoxy) is 1. The summed E-state index contributed by atoms with van der Waals surface area (Å²) in [5.41, 5.74) is 4.44. The smallest absolute Gasteiger partial charge is 0.221 e. The summed E-state index contributed by atoms with van der Waals surface area (Å²) in [5.74, 6) is 0.873. The predicted molar refractivity (Wildman–Crippen MR) is 123 cm³/mol. The molecule has 1 saturated carbocycles. The summed E-state index contributed by atoms with van der Waals surface area (Å²) in [6.07, 6.45) is 4.64. The van der Waals surface area contributed by atoms with Gasteiger partial charge in [0.15, 0.2) is 0 Å². The van der Waals surface area contributed by atoms with Crippen molar-refractivity contribution in [2.24, 2.45) is 0 Å². The molecule has 1 amide bonds. The fraction of sp³-hybridized carbons (Fsp3) is 0.222. The third-order valence-corrected chi connectivity index (χ3v) is 5.84. The van der Waals surface area contributed by atoms with Crippen molar-refractivity contribution in [3.8, 4) is 5.75 Å². The number of carbonyl (C=O) groups excluding carboxylic acids is 1. The average Bonchev–Trinajstić information content (AvgIpc) is 3.52. The molecule has 0 bridgehead atoms. The SMILES string of the molecule is O=C(CC(c1cccc(OCc2ccccc2)c1)c1c[nH]c2ccccc12)NC1CC1. The van der Waals surface area contributed by atoms with Gasteiger partial charge >= 0.3 is 0 Å².